The van der Waals surface area contributed by atoms with Crippen molar-refractivity contribution >= 4 is 22.1 Å². The van der Waals surface area contributed by atoms with Gasteiger partial charge >= 0.3 is 12.1 Å². The highest BCUT2D eigenvalue weighted by atomic mass is 32.2. The van der Waals surface area contributed by atoms with Crippen LogP contribution in [-0.2, 0) is 19.6 Å². The number of carbonyl (C=O) groups excluding carboxylic acids is 1. The van der Waals surface area contributed by atoms with Crippen LogP contribution in [0.5, 0.6) is 0 Å². The summed E-state index contributed by atoms with van der Waals surface area (Å²) in [6.07, 6.45) is 0.240. The number of hydrogen-bond acceptors (Lipinski definition) is 5. The Balaban J connectivity index is 1.61. The van der Waals surface area contributed by atoms with E-state index in [1.807, 2.05) is 48.5 Å². The van der Waals surface area contributed by atoms with Crippen molar-refractivity contribution in [2.75, 3.05) is 26.0 Å². The maximum atomic E-state index is 12.3. The third-order valence-corrected chi connectivity index (χ3v) is 6.18. The fourth-order valence-electron chi connectivity index (χ4n) is 3.66. The Labute approximate surface area is 175 Å². The number of benzene rings is 2. The molecule has 0 fully saturated rings. The van der Waals surface area contributed by atoms with Crippen molar-refractivity contribution in [3.8, 4) is 11.1 Å². The number of aliphatic carboxylic acids is 1. The Kier molecular flexibility index (Phi) is 6.42. The lowest BCUT2D eigenvalue weighted by Gasteiger charge is -2.23. The first-order valence-corrected chi connectivity index (χ1v) is 11.3. The molecule has 0 radical (unpaired) electrons. The van der Waals surface area contributed by atoms with Gasteiger partial charge in [0.2, 0.25) is 10.0 Å². The zero-order valence-corrected chi connectivity index (χ0v) is 17.6. The van der Waals surface area contributed by atoms with Crippen LogP contribution in [0.15, 0.2) is 48.5 Å². The molecule has 160 valence electrons. The van der Waals surface area contributed by atoms with Gasteiger partial charge in [0.05, 0.1) is 6.26 Å². The Hall–Kier alpha value is -2.91. The first-order valence-electron chi connectivity index (χ1n) is 9.45. The van der Waals surface area contributed by atoms with Crippen LogP contribution in [0.2, 0.25) is 0 Å². The number of sulfonamides is 1. The molecule has 2 N–H and O–H groups in total. The van der Waals surface area contributed by atoms with Gasteiger partial charge in [0.15, 0.2) is 0 Å². The Bertz CT molecular complexity index is 1010. The molecule has 1 aliphatic rings. The van der Waals surface area contributed by atoms with E-state index >= 15 is 0 Å². The summed E-state index contributed by atoms with van der Waals surface area (Å²) in [6.45, 7) is 0.879. The van der Waals surface area contributed by atoms with Crippen LogP contribution in [0.4, 0.5) is 4.79 Å². The second kappa shape index (κ2) is 8.85. The second-order valence-electron chi connectivity index (χ2n) is 7.32. The molecular formula is C21H24N2O6S. The molecule has 0 heterocycles. The van der Waals surface area contributed by atoms with Crippen LogP contribution in [0.25, 0.3) is 11.1 Å². The summed E-state index contributed by atoms with van der Waals surface area (Å²) in [6, 6.07) is 15.3. The molecule has 0 saturated carbocycles. The SMILES string of the molecule is CC(CN(CC(=O)O)S(C)(=O)=O)NC(=O)OCC1c2ccccc2-c2ccccc21. The van der Waals surface area contributed by atoms with E-state index < -0.39 is 34.7 Å². The predicted molar refractivity (Wildman–Crippen MR) is 112 cm³/mol. The number of ether oxygens (including phenoxy) is 1. The van der Waals surface area contributed by atoms with Gasteiger partial charge in [-0.2, -0.15) is 4.31 Å². The van der Waals surface area contributed by atoms with Gasteiger partial charge in [-0.1, -0.05) is 48.5 Å². The number of fused-ring (bicyclic) bond motifs is 3. The molecule has 0 saturated heterocycles. The maximum absolute atomic E-state index is 12.3. The number of nitrogens with one attached hydrogen (secondary N) is 1. The zero-order chi connectivity index (χ0) is 21.9. The number of carboxylic acids is 1. The molecule has 8 nitrogen and oxygen atoms in total. The van der Waals surface area contributed by atoms with E-state index in [4.69, 9.17) is 9.84 Å². The molecule has 9 heteroatoms. The van der Waals surface area contributed by atoms with Gasteiger partial charge in [-0.25, -0.2) is 13.2 Å². The minimum Gasteiger partial charge on any atom is -0.480 e. The number of nitrogens with zero attached hydrogens (tertiary/aromatic N) is 1. The number of alkyl carbamates (subject to hydrolysis) is 1. The molecule has 30 heavy (non-hydrogen) atoms. The van der Waals surface area contributed by atoms with E-state index in [0.29, 0.717) is 0 Å². The number of carboxylic acid groups (broad SMARTS) is 1. The van der Waals surface area contributed by atoms with Crippen LogP contribution in [-0.4, -0.2) is 61.9 Å². The number of rotatable bonds is 8. The van der Waals surface area contributed by atoms with Crippen molar-refractivity contribution in [3.05, 3.63) is 59.7 Å². The Morgan fingerprint density at radius 2 is 1.63 bits per heavy atom. The molecule has 1 aliphatic carbocycles. The Morgan fingerprint density at radius 1 is 1.10 bits per heavy atom. The van der Waals surface area contributed by atoms with E-state index in [1.54, 1.807) is 6.92 Å². The highest BCUT2D eigenvalue weighted by Gasteiger charge is 2.29. The summed E-state index contributed by atoms with van der Waals surface area (Å²) >= 11 is 0. The first kappa shape index (κ1) is 21.8. The predicted octanol–water partition coefficient (Wildman–Crippen LogP) is 2.26. The van der Waals surface area contributed by atoms with Crippen LogP contribution in [0.1, 0.15) is 24.0 Å². The fourth-order valence-corrected chi connectivity index (χ4v) is 4.50. The van der Waals surface area contributed by atoms with Gasteiger partial charge in [0.1, 0.15) is 13.2 Å². The molecule has 2 aromatic carbocycles. The lowest BCUT2D eigenvalue weighted by molar-refractivity contribution is -0.137. The molecule has 0 aliphatic heterocycles. The summed E-state index contributed by atoms with van der Waals surface area (Å²) < 4.78 is 29.7. The molecule has 1 atom stereocenters. The lowest BCUT2D eigenvalue weighted by atomic mass is 9.98. The van der Waals surface area contributed by atoms with Gasteiger partial charge in [-0.05, 0) is 29.2 Å². The van der Waals surface area contributed by atoms with E-state index in [2.05, 4.69) is 5.32 Å². The largest absolute Gasteiger partial charge is 0.480 e. The second-order valence-corrected chi connectivity index (χ2v) is 9.30. The van der Waals surface area contributed by atoms with Crippen molar-refractivity contribution in [1.29, 1.82) is 0 Å². The van der Waals surface area contributed by atoms with Gasteiger partial charge in [-0.3, -0.25) is 4.79 Å². The van der Waals surface area contributed by atoms with Crippen molar-refractivity contribution in [3.63, 3.8) is 0 Å². The minimum absolute atomic E-state index is 0.0852. The highest BCUT2D eigenvalue weighted by Crippen LogP contribution is 2.44. The van der Waals surface area contributed by atoms with E-state index in [-0.39, 0.29) is 19.1 Å². The summed E-state index contributed by atoms with van der Waals surface area (Å²) in [5.41, 5.74) is 4.41. The summed E-state index contributed by atoms with van der Waals surface area (Å²) in [7, 11) is -3.72. The summed E-state index contributed by atoms with van der Waals surface area (Å²) in [5.74, 6) is -1.35. The third-order valence-electron chi connectivity index (χ3n) is 4.97. The smallest absolute Gasteiger partial charge is 0.407 e. The molecule has 3 rings (SSSR count). The van der Waals surface area contributed by atoms with Gasteiger partial charge in [0, 0.05) is 18.5 Å². The van der Waals surface area contributed by atoms with E-state index in [0.717, 1.165) is 32.8 Å². The van der Waals surface area contributed by atoms with E-state index in [9.17, 15) is 18.0 Å². The van der Waals surface area contributed by atoms with Crippen LogP contribution in [0.3, 0.4) is 0 Å². The van der Waals surface area contributed by atoms with Crippen LogP contribution < -0.4 is 5.32 Å². The number of amides is 1. The average molecular weight is 432 g/mol. The van der Waals surface area contributed by atoms with Crippen molar-refractivity contribution in [1.82, 2.24) is 9.62 Å². The maximum Gasteiger partial charge on any atom is 0.407 e. The standard InChI is InChI=1S/C21H24N2O6S/c1-14(11-23(12-20(24)25)30(2,27)28)22-21(26)29-13-19-17-9-5-3-7-15(17)16-8-4-6-10-18(16)19/h3-10,14,19H,11-13H2,1-2H3,(H,22,26)(H,24,25). The summed E-state index contributed by atoms with van der Waals surface area (Å²) in [4.78, 5) is 23.2. The molecule has 0 bridgehead atoms. The van der Waals surface area contributed by atoms with Crippen molar-refractivity contribution < 1.29 is 27.9 Å². The average Bonchev–Trinajstić information content (AvgIpc) is 2.99. The first-order chi connectivity index (χ1) is 14.2. The molecule has 2 aromatic rings. The van der Waals surface area contributed by atoms with Gasteiger partial charge in [-0.15, -0.1) is 0 Å². The van der Waals surface area contributed by atoms with E-state index in [1.165, 1.54) is 0 Å². The third kappa shape index (κ3) is 4.98. The van der Waals surface area contributed by atoms with Crippen molar-refractivity contribution in [2.45, 2.75) is 18.9 Å². The van der Waals surface area contributed by atoms with Gasteiger partial charge in [0.25, 0.3) is 0 Å². The molecule has 1 unspecified atom stereocenters. The molecule has 1 amide bonds. The van der Waals surface area contributed by atoms with Gasteiger partial charge < -0.3 is 15.2 Å². The fraction of sp³-hybridized carbons (Fsp3) is 0.333. The number of hydrogen-bond donors (Lipinski definition) is 2. The zero-order valence-electron chi connectivity index (χ0n) is 16.7. The highest BCUT2D eigenvalue weighted by molar-refractivity contribution is 7.88. The van der Waals surface area contributed by atoms with Crippen LogP contribution in [0, 0.1) is 0 Å². The monoisotopic (exact) mass is 432 g/mol. The lowest BCUT2D eigenvalue weighted by Crippen LogP contribution is -2.46. The Morgan fingerprint density at radius 3 is 2.13 bits per heavy atom. The molecule has 0 spiro atoms. The summed E-state index contributed by atoms with van der Waals surface area (Å²) in [5, 5.41) is 11.5. The van der Waals surface area contributed by atoms with Crippen LogP contribution >= 0.6 is 0 Å². The minimum atomic E-state index is -3.72. The molecular weight excluding hydrogens is 408 g/mol. The normalized spacial score (nSPS) is 14.1. The topological polar surface area (TPSA) is 113 Å². The molecule has 0 aromatic heterocycles. The number of carbonyl (C=O) groups is 2. The van der Waals surface area contributed by atoms with Crippen molar-refractivity contribution in [2.24, 2.45) is 0 Å². The quantitative estimate of drug-likeness (QED) is 0.662.